The number of halogens is 1. The highest BCUT2D eigenvalue weighted by molar-refractivity contribution is 7.18. The molecule has 0 atom stereocenters. The number of rotatable bonds is 1. The third-order valence-corrected chi connectivity index (χ3v) is 3.35. The van der Waals surface area contributed by atoms with E-state index < -0.39 is 0 Å². The Bertz CT molecular complexity index is 436. The van der Waals surface area contributed by atoms with Gasteiger partial charge in [-0.15, -0.1) is 11.3 Å². The molecule has 0 aliphatic heterocycles. The van der Waals surface area contributed by atoms with Gasteiger partial charge in [0.25, 0.3) is 0 Å². The highest BCUT2D eigenvalue weighted by atomic mass is 35.5. The lowest BCUT2D eigenvalue weighted by atomic mass is 10.1. The Morgan fingerprint density at radius 1 is 1.38 bits per heavy atom. The standard InChI is InChI=1S/C9H9ClN2S/c1-5(2)6-3-13-8-7(6)11-4-12-9(8)10/h3-5H,1-2H3. The summed E-state index contributed by atoms with van der Waals surface area (Å²) >= 11 is 7.55. The molecular weight excluding hydrogens is 204 g/mol. The van der Waals surface area contributed by atoms with Crippen LogP contribution in [0.2, 0.25) is 5.15 Å². The maximum atomic E-state index is 5.93. The fourth-order valence-electron chi connectivity index (χ4n) is 1.25. The molecular formula is C9H9ClN2S. The quantitative estimate of drug-likeness (QED) is 0.677. The summed E-state index contributed by atoms with van der Waals surface area (Å²) in [6.45, 7) is 4.30. The van der Waals surface area contributed by atoms with Crippen molar-refractivity contribution >= 4 is 33.2 Å². The van der Waals surface area contributed by atoms with Gasteiger partial charge in [0.1, 0.15) is 11.5 Å². The van der Waals surface area contributed by atoms with E-state index in [9.17, 15) is 0 Å². The second-order valence-corrected chi connectivity index (χ2v) is 4.43. The molecule has 2 aromatic heterocycles. The Morgan fingerprint density at radius 3 is 2.85 bits per heavy atom. The number of hydrogen-bond acceptors (Lipinski definition) is 3. The molecule has 2 rings (SSSR count). The summed E-state index contributed by atoms with van der Waals surface area (Å²) in [4.78, 5) is 8.18. The van der Waals surface area contributed by atoms with Gasteiger partial charge in [-0.05, 0) is 16.9 Å². The predicted octanol–water partition coefficient (Wildman–Crippen LogP) is 3.47. The Morgan fingerprint density at radius 2 is 2.15 bits per heavy atom. The maximum absolute atomic E-state index is 5.93. The molecule has 2 nitrogen and oxygen atoms in total. The monoisotopic (exact) mass is 212 g/mol. The minimum absolute atomic E-state index is 0.486. The minimum atomic E-state index is 0.486. The fraction of sp³-hybridized carbons (Fsp3) is 0.333. The molecule has 2 aromatic rings. The Kier molecular flexibility index (Phi) is 2.22. The molecule has 0 radical (unpaired) electrons. The molecule has 13 heavy (non-hydrogen) atoms. The van der Waals surface area contributed by atoms with Crippen molar-refractivity contribution in [1.29, 1.82) is 0 Å². The molecule has 0 saturated heterocycles. The van der Waals surface area contributed by atoms with Gasteiger partial charge in [-0.1, -0.05) is 25.4 Å². The predicted molar refractivity (Wildman–Crippen MR) is 56.5 cm³/mol. The van der Waals surface area contributed by atoms with Crippen molar-refractivity contribution in [2.75, 3.05) is 0 Å². The van der Waals surface area contributed by atoms with Crippen LogP contribution in [0, 0.1) is 0 Å². The highest BCUT2D eigenvalue weighted by Crippen LogP contribution is 2.32. The van der Waals surface area contributed by atoms with Gasteiger partial charge in [0.2, 0.25) is 0 Å². The fourth-order valence-corrected chi connectivity index (χ4v) is 2.58. The molecule has 0 fully saturated rings. The largest absolute Gasteiger partial charge is 0.235 e. The van der Waals surface area contributed by atoms with E-state index in [0.717, 1.165) is 10.2 Å². The first kappa shape index (κ1) is 8.91. The average Bonchev–Trinajstić information content (AvgIpc) is 2.48. The van der Waals surface area contributed by atoms with E-state index in [1.807, 2.05) is 0 Å². The summed E-state index contributed by atoms with van der Waals surface area (Å²) in [5.74, 6) is 0.486. The van der Waals surface area contributed by atoms with Gasteiger partial charge >= 0.3 is 0 Å². The summed E-state index contributed by atoms with van der Waals surface area (Å²) in [6, 6.07) is 0. The van der Waals surface area contributed by atoms with Crippen LogP contribution >= 0.6 is 22.9 Å². The molecule has 0 saturated carbocycles. The number of nitrogens with zero attached hydrogens (tertiary/aromatic N) is 2. The lowest BCUT2D eigenvalue weighted by Gasteiger charge is -2.00. The van der Waals surface area contributed by atoms with Crippen molar-refractivity contribution in [1.82, 2.24) is 9.97 Å². The summed E-state index contributed by atoms with van der Waals surface area (Å²) in [7, 11) is 0. The van der Waals surface area contributed by atoms with E-state index in [1.165, 1.54) is 11.9 Å². The first-order valence-electron chi connectivity index (χ1n) is 4.07. The molecule has 0 bridgehead atoms. The van der Waals surface area contributed by atoms with E-state index in [4.69, 9.17) is 11.6 Å². The lowest BCUT2D eigenvalue weighted by Crippen LogP contribution is -1.87. The molecule has 0 amide bonds. The third-order valence-electron chi connectivity index (χ3n) is 1.96. The molecule has 2 heterocycles. The lowest BCUT2D eigenvalue weighted by molar-refractivity contribution is 0.876. The SMILES string of the molecule is CC(C)c1csc2c(Cl)ncnc12. The smallest absolute Gasteiger partial charge is 0.150 e. The summed E-state index contributed by atoms with van der Waals surface area (Å²) < 4.78 is 0.993. The van der Waals surface area contributed by atoms with Crippen molar-refractivity contribution in [3.63, 3.8) is 0 Å². The zero-order chi connectivity index (χ0) is 9.42. The summed E-state index contributed by atoms with van der Waals surface area (Å²) in [6.07, 6.45) is 1.52. The first-order valence-corrected chi connectivity index (χ1v) is 5.33. The molecule has 0 aliphatic rings. The van der Waals surface area contributed by atoms with E-state index >= 15 is 0 Å². The van der Waals surface area contributed by atoms with E-state index in [0.29, 0.717) is 11.1 Å². The summed E-state index contributed by atoms with van der Waals surface area (Å²) in [5.41, 5.74) is 2.25. The third kappa shape index (κ3) is 1.42. The Hall–Kier alpha value is -0.670. The van der Waals surface area contributed by atoms with Crippen LogP contribution in [0.4, 0.5) is 0 Å². The van der Waals surface area contributed by atoms with Gasteiger partial charge in [0.15, 0.2) is 0 Å². The van der Waals surface area contributed by atoms with Crippen LogP contribution in [0.15, 0.2) is 11.7 Å². The van der Waals surface area contributed by atoms with Crippen LogP contribution in [0.3, 0.4) is 0 Å². The van der Waals surface area contributed by atoms with Crippen LogP contribution in [0.5, 0.6) is 0 Å². The highest BCUT2D eigenvalue weighted by Gasteiger charge is 2.11. The maximum Gasteiger partial charge on any atom is 0.150 e. The van der Waals surface area contributed by atoms with E-state index in [-0.39, 0.29) is 0 Å². The number of hydrogen-bond donors (Lipinski definition) is 0. The van der Waals surface area contributed by atoms with Crippen LogP contribution in [-0.2, 0) is 0 Å². The van der Waals surface area contributed by atoms with Gasteiger partial charge in [-0.2, -0.15) is 0 Å². The van der Waals surface area contributed by atoms with Gasteiger partial charge in [-0.25, -0.2) is 9.97 Å². The second kappa shape index (κ2) is 3.24. The van der Waals surface area contributed by atoms with Crippen LogP contribution in [-0.4, -0.2) is 9.97 Å². The van der Waals surface area contributed by atoms with Crippen LogP contribution in [0.1, 0.15) is 25.3 Å². The second-order valence-electron chi connectivity index (χ2n) is 3.19. The summed E-state index contributed by atoms with van der Waals surface area (Å²) in [5, 5.41) is 2.66. The zero-order valence-electron chi connectivity index (χ0n) is 7.41. The van der Waals surface area contributed by atoms with E-state index in [2.05, 4.69) is 29.2 Å². The molecule has 0 unspecified atom stereocenters. The molecule has 0 spiro atoms. The molecule has 0 aliphatic carbocycles. The Labute approximate surface area is 85.6 Å². The van der Waals surface area contributed by atoms with Crippen molar-refractivity contribution in [3.05, 3.63) is 22.4 Å². The molecule has 0 N–H and O–H groups in total. The van der Waals surface area contributed by atoms with Crippen molar-refractivity contribution in [2.45, 2.75) is 19.8 Å². The average molecular weight is 213 g/mol. The molecule has 4 heteroatoms. The van der Waals surface area contributed by atoms with Crippen molar-refractivity contribution in [2.24, 2.45) is 0 Å². The van der Waals surface area contributed by atoms with Crippen molar-refractivity contribution in [3.8, 4) is 0 Å². The van der Waals surface area contributed by atoms with Gasteiger partial charge < -0.3 is 0 Å². The number of fused-ring (bicyclic) bond motifs is 1. The van der Waals surface area contributed by atoms with Gasteiger partial charge in [0.05, 0.1) is 10.2 Å². The normalized spacial score (nSPS) is 11.4. The zero-order valence-corrected chi connectivity index (χ0v) is 8.99. The first-order chi connectivity index (χ1) is 6.20. The van der Waals surface area contributed by atoms with Gasteiger partial charge in [-0.3, -0.25) is 0 Å². The number of aromatic nitrogens is 2. The topological polar surface area (TPSA) is 25.8 Å². The molecule has 0 aromatic carbocycles. The molecule has 68 valence electrons. The van der Waals surface area contributed by atoms with Crippen LogP contribution in [0.25, 0.3) is 10.2 Å². The van der Waals surface area contributed by atoms with Crippen LogP contribution < -0.4 is 0 Å². The number of thiophene rings is 1. The van der Waals surface area contributed by atoms with Gasteiger partial charge in [0, 0.05) is 0 Å². The minimum Gasteiger partial charge on any atom is -0.235 e. The van der Waals surface area contributed by atoms with E-state index in [1.54, 1.807) is 11.3 Å². The Balaban J connectivity index is 2.75. The van der Waals surface area contributed by atoms with Crippen molar-refractivity contribution < 1.29 is 0 Å².